The second kappa shape index (κ2) is 28.0. The summed E-state index contributed by atoms with van der Waals surface area (Å²) < 4.78 is 32.2. The maximum atomic E-state index is 7.12. The minimum Gasteiger partial charge on any atom is -0.455 e. The molecule has 0 saturated heterocycles. The number of hydrogen-bond acceptors (Lipinski definition) is 14. The van der Waals surface area contributed by atoms with Gasteiger partial charge in [0.2, 0.25) is 0 Å². The fourth-order valence-corrected chi connectivity index (χ4v) is 18.6. The molecule has 10 heterocycles. The number of para-hydroxylation sites is 7. The van der Waals surface area contributed by atoms with Gasteiger partial charge in [-0.15, -0.1) is 0 Å². The second-order valence-electron chi connectivity index (χ2n) is 31.6. The zero-order valence-electron chi connectivity index (χ0n) is 66.8. The van der Waals surface area contributed by atoms with Gasteiger partial charge in [0.15, 0.2) is 57.8 Å². The lowest BCUT2D eigenvalue weighted by molar-refractivity contribution is 0.666. The van der Waals surface area contributed by atoms with Gasteiger partial charge in [-0.3, -0.25) is 0 Å². The monoisotopic (exact) mass is 1610 g/mol. The number of furan rings is 4. The van der Waals surface area contributed by atoms with Crippen LogP contribution in [-0.2, 0) is 0 Å². The maximum Gasteiger partial charge on any atom is 0.180 e. The lowest BCUT2D eigenvalue weighted by Crippen LogP contribution is -2.00. The summed E-state index contributed by atoms with van der Waals surface area (Å²) in [6.07, 6.45) is 0. The highest BCUT2D eigenvalue weighted by molar-refractivity contribution is 6.20. The highest BCUT2D eigenvalue weighted by Gasteiger charge is 2.29. The Hall–Kier alpha value is -17.5. The van der Waals surface area contributed by atoms with Crippen LogP contribution >= 0.6 is 0 Å². The number of rotatable bonds is 13. The highest BCUT2D eigenvalue weighted by atomic mass is 16.3. The molecule has 0 aliphatic heterocycles. The molecule has 0 aliphatic rings. The van der Waals surface area contributed by atoms with E-state index in [9.17, 15) is 0 Å². The van der Waals surface area contributed by atoms with Gasteiger partial charge in [0, 0.05) is 110 Å². The van der Waals surface area contributed by atoms with Crippen molar-refractivity contribution in [3.05, 3.63) is 376 Å². The standard InChI is InChI=1S/C110H62N12O4/c1-6-28-63(29-7-1)95-101-97(75-41-17-20-52-88(75)123-101)113-109(111-95)81-48-23-44-77-94-80(47-27-55-91(94)125-99(77)81)108-118-104(65-32-10-3-11-33-65)116-106(120-108)69-56-58-74-87(62-69)122(71-38-14-5-15-39-71)86-51-25-43-72(92(74)86)66-34-22-35-67(60-66)96-102-98(76-42-18-21-53-89(76)124-102)114-110(112-96)82-49-24-45-78-93-79(46-26-54-90(93)126-100(78)82)107-117-103(64-30-8-2-9-31-64)115-105(119-107)68-57-59-85-83(61-68)73-40-16-19-50-84(73)121(85)70-36-12-4-13-37-70/h1-62H. The van der Waals surface area contributed by atoms with E-state index in [1.54, 1.807) is 0 Å². The predicted molar refractivity (Wildman–Crippen MR) is 502 cm³/mol. The maximum absolute atomic E-state index is 7.12. The van der Waals surface area contributed by atoms with Crippen LogP contribution < -0.4 is 0 Å². The smallest absolute Gasteiger partial charge is 0.180 e. The fraction of sp³-hybridized carbons (Fsp3) is 0. The first-order chi connectivity index (χ1) is 62.4. The zero-order valence-corrected chi connectivity index (χ0v) is 66.8. The fourth-order valence-electron chi connectivity index (χ4n) is 18.6. The van der Waals surface area contributed by atoms with Crippen LogP contribution in [0.4, 0.5) is 0 Å². The van der Waals surface area contributed by atoms with Crippen LogP contribution in [0.15, 0.2) is 394 Å². The Kier molecular flexibility index (Phi) is 15.7. The number of nitrogens with zero attached hydrogens (tertiary/aromatic N) is 12. The van der Waals surface area contributed by atoms with E-state index in [0.717, 1.165) is 160 Å². The minimum absolute atomic E-state index is 0.465. The van der Waals surface area contributed by atoms with Gasteiger partial charge in [-0.25, -0.2) is 49.8 Å². The molecule has 0 atom stereocenters. The molecule has 0 fully saturated rings. The van der Waals surface area contributed by atoms with Crippen LogP contribution in [0.2, 0.25) is 0 Å². The topological polar surface area (TPSA) is 191 Å². The van der Waals surface area contributed by atoms with E-state index in [0.29, 0.717) is 108 Å². The summed E-state index contributed by atoms with van der Waals surface area (Å²) in [5.74, 6) is 4.06. The van der Waals surface area contributed by atoms with E-state index in [1.165, 1.54) is 0 Å². The molecule has 16 nitrogen and oxygen atoms in total. The Morgan fingerprint density at radius 2 is 0.548 bits per heavy atom. The third-order valence-electron chi connectivity index (χ3n) is 24.3. The quantitative estimate of drug-likeness (QED) is 0.106. The normalized spacial score (nSPS) is 12.0. The zero-order chi connectivity index (χ0) is 82.6. The average molecular weight is 1620 g/mol. The molecule has 16 aromatic carbocycles. The molecule has 0 spiro atoms. The summed E-state index contributed by atoms with van der Waals surface area (Å²) in [6, 6.07) is 128. The molecule has 16 heteroatoms. The SMILES string of the molecule is c1ccc(-c2nc(-c3ccc4c5c(-c6cccc(-c7nc(-c8cccc9c8oc8cccc(-c%10nc(-c%11ccccc%11)nc(-c%11ccc%12c(c%11)c%11ccccc%11n%12-c%11ccccc%11)n%10)c89)nc8c7oc7ccccc78)c6)cccc5n(-c5ccccc5)c4c3)nc(-c3cccc4oc5c(-c6nc(-c7ccccc7)c7oc8ccccc8c7n6)cccc5c34)n2)cc1. The van der Waals surface area contributed by atoms with Crippen molar-refractivity contribution in [2.75, 3.05) is 0 Å². The molecule has 0 unspecified atom stereocenters. The minimum atomic E-state index is 0.465. The Morgan fingerprint density at radius 1 is 0.175 bits per heavy atom. The second-order valence-corrected chi connectivity index (χ2v) is 31.6. The average Bonchev–Trinajstić information content (AvgIpc) is 1.57. The van der Waals surface area contributed by atoms with Crippen molar-refractivity contribution in [3.8, 4) is 136 Å². The lowest BCUT2D eigenvalue weighted by atomic mass is 9.96. The molecule has 0 bridgehead atoms. The molecule has 586 valence electrons. The number of hydrogen-bond donors (Lipinski definition) is 0. The van der Waals surface area contributed by atoms with E-state index in [2.05, 4.69) is 191 Å². The first kappa shape index (κ1) is 70.4. The third-order valence-corrected chi connectivity index (χ3v) is 24.3. The molecular weight excluding hydrogens is 1550 g/mol. The van der Waals surface area contributed by atoms with Gasteiger partial charge in [-0.2, -0.15) is 0 Å². The lowest BCUT2D eigenvalue weighted by Gasteiger charge is -2.11. The van der Waals surface area contributed by atoms with Crippen molar-refractivity contribution in [2.45, 2.75) is 0 Å². The van der Waals surface area contributed by atoms with Crippen molar-refractivity contribution in [2.24, 2.45) is 0 Å². The van der Waals surface area contributed by atoms with Crippen molar-refractivity contribution < 1.29 is 17.7 Å². The van der Waals surface area contributed by atoms with Gasteiger partial charge in [0.25, 0.3) is 0 Å². The summed E-state index contributed by atoms with van der Waals surface area (Å²) >= 11 is 0. The van der Waals surface area contributed by atoms with Gasteiger partial charge in [0.1, 0.15) is 55.9 Å². The molecule has 0 amide bonds. The van der Waals surface area contributed by atoms with Crippen LogP contribution in [-0.4, -0.2) is 59.0 Å². The predicted octanol–water partition coefficient (Wildman–Crippen LogP) is 27.8. The number of aromatic nitrogens is 12. The van der Waals surface area contributed by atoms with Crippen molar-refractivity contribution in [1.29, 1.82) is 0 Å². The van der Waals surface area contributed by atoms with E-state index < -0.39 is 0 Å². The molecule has 0 N–H and O–H groups in total. The van der Waals surface area contributed by atoms with Gasteiger partial charge in [-0.1, -0.05) is 261 Å². The summed E-state index contributed by atoms with van der Waals surface area (Å²) in [6.45, 7) is 0. The first-order valence-electron chi connectivity index (χ1n) is 41.7. The number of benzene rings is 16. The van der Waals surface area contributed by atoms with E-state index in [1.807, 2.05) is 194 Å². The Bertz CT molecular complexity index is 8990. The number of fused-ring (bicyclic) bond motifs is 18. The van der Waals surface area contributed by atoms with Crippen molar-refractivity contribution >= 4 is 132 Å². The summed E-state index contributed by atoms with van der Waals surface area (Å²) in [4.78, 5) is 53.7. The van der Waals surface area contributed by atoms with Crippen molar-refractivity contribution in [1.82, 2.24) is 59.0 Å². The highest BCUT2D eigenvalue weighted by Crippen LogP contribution is 2.48. The third kappa shape index (κ3) is 11.2. The molecular formula is C110H62N12O4. The van der Waals surface area contributed by atoms with Crippen LogP contribution in [0.5, 0.6) is 0 Å². The van der Waals surface area contributed by atoms with E-state index in [4.69, 9.17) is 67.5 Å². The van der Waals surface area contributed by atoms with Crippen LogP contribution in [0.25, 0.3) is 268 Å². The molecule has 26 aromatic rings. The molecule has 0 saturated carbocycles. The summed E-state index contributed by atoms with van der Waals surface area (Å²) in [5, 5.41) is 9.47. The van der Waals surface area contributed by atoms with Gasteiger partial charge < -0.3 is 26.8 Å². The molecule has 26 rings (SSSR count). The van der Waals surface area contributed by atoms with Gasteiger partial charge in [-0.05, 0) is 126 Å². The van der Waals surface area contributed by atoms with Crippen LogP contribution in [0, 0.1) is 0 Å². The Balaban J connectivity index is 0.599. The largest absolute Gasteiger partial charge is 0.455 e. The Labute approximate surface area is 716 Å². The first-order valence-corrected chi connectivity index (χ1v) is 41.7. The van der Waals surface area contributed by atoms with E-state index in [-0.39, 0.29) is 0 Å². The molecule has 126 heavy (non-hydrogen) atoms. The van der Waals surface area contributed by atoms with Gasteiger partial charge >= 0.3 is 0 Å². The molecule has 0 aliphatic carbocycles. The molecule has 0 radical (unpaired) electrons. The van der Waals surface area contributed by atoms with Crippen LogP contribution in [0.3, 0.4) is 0 Å². The molecule has 10 aromatic heterocycles. The summed E-state index contributed by atoms with van der Waals surface area (Å²) in [7, 11) is 0. The van der Waals surface area contributed by atoms with Gasteiger partial charge in [0.05, 0.1) is 33.2 Å². The summed E-state index contributed by atoms with van der Waals surface area (Å²) in [5.41, 5.74) is 24.2. The Morgan fingerprint density at radius 3 is 1.12 bits per heavy atom. The van der Waals surface area contributed by atoms with E-state index >= 15 is 0 Å². The van der Waals surface area contributed by atoms with Crippen molar-refractivity contribution in [3.63, 3.8) is 0 Å². The van der Waals surface area contributed by atoms with Crippen LogP contribution in [0.1, 0.15) is 0 Å².